The summed E-state index contributed by atoms with van der Waals surface area (Å²) >= 11 is 0. The van der Waals surface area contributed by atoms with Crippen molar-refractivity contribution in [1.29, 1.82) is 0 Å². The Balaban J connectivity index is 1.73. The van der Waals surface area contributed by atoms with Gasteiger partial charge < -0.3 is 9.80 Å². The fourth-order valence-electron chi connectivity index (χ4n) is 3.65. The quantitative estimate of drug-likeness (QED) is 0.798. The van der Waals surface area contributed by atoms with Crippen LogP contribution >= 0.6 is 0 Å². The van der Waals surface area contributed by atoms with Crippen molar-refractivity contribution in [3.8, 4) is 0 Å². The van der Waals surface area contributed by atoms with Gasteiger partial charge in [0.1, 0.15) is 0 Å². The van der Waals surface area contributed by atoms with E-state index in [1.165, 1.54) is 0 Å². The summed E-state index contributed by atoms with van der Waals surface area (Å²) < 4.78 is 0. The van der Waals surface area contributed by atoms with Gasteiger partial charge in [-0.2, -0.15) is 0 Å². The van der Waals surface area contributed by atoms with E-state index in [-0.39, 0.29) is 11.9 Å². The normalized spacial score (nSPS) is 20.6. The number of nitrogens with zero attached hydrogens (tertiary/aromatic N) is 3. The maximum absolute atomic E-state index is 13.2. The number of pyridine rings is 1. The van der Waals surface area contributed by atoms with Crippen LogP contribution in [0, 0.1) is 0 Å². The van der Waals surface area contributed by atoms with Gasteiger partial charge in [-0.3, -0.25) is 9.78 Å². The van der Waals surface area contributed by atoms with E-state index in [0.717, 1.165) is 48.3 Å². The second kappa shape index (κ2) is 6.21. The number of fused-ring (bicyclic) bond motifs is 1. The molecule has 1 fully saturated rings. The van der Waals surface area contributed by atoms with Gasteiger partial charge in [0.2, 0.25) is 0 Å². The molecule has 4 heteroatoms. The Labute approximate surface area is 142 Å². The number of amides is 1. The van der Waals surface area contributed by atoms with E-state index >= 15 is 0 Å². The lowest BCUT2D eigenvalue weighted by Crippen LogP contribution is -2.45. The van der Waals surface area contributed by atoms with Gasteiger partial charge in [0.05, 0.1) is 5.69 Å². The number of aromatic nitrogens is 1. The van der Waals surface area contributed by atoms with Crippen LogP contribution in [0.4, 0.5) is 5.69 Å². The van der Waals surface area contributed by atoms with Gasteiger partial charge in [-0.25, -0.2) is 0 Å². The van der Waals surface area contributed by atoms with Crippen molar-refractivity contribution in [2.45, 2.75) is 18.9 Å². The van der Waals surface area contributed by atoms with Gasteiger partial charge in [-0.05, 0) is 56.8 Å². The molecule has 2 aromatic rings. The standard InChI is InChI=1S/C20H21N3O/c1-22-11-8-16(9-12-22)23-19-7-3-2-6-17(19)18(20(23)24)13-15-5-4-10-21-14-15/h2-7,10,13-14,16H,8-9,11-12H2,1H3/b18-13-. The maximum Gasteiger partial charge on any atom is 0.259 e. The lowest BCUT2D eigenvalue weighted by Gasteiger charge is -2.35. The highest BCUT2D eigenvalue weighted by atomic mass is 16.2. The Morgan fingerprint density at radius 3 is 2.67 bits per heavy atom. The molecule has 0 N–H and O–H groups in total. The molecule has 0 aliphatic carbocycles. The first-order valence-corrected chi connectivity index (χ1v) is 8.47. The first-order valence-electron chi connectivity index (χ1n) is 8.47. The zero-order valence-electron chi connectivity index (χ0n) is 13.9. The predicted molar refractivity (Wildman–Crippen MR) is 96.6 cm³/mol. The summed E-state index contributed by atoms with van der Waals surface area (Å²) in [6, 6.07) is 12.3. The van der Waals surface area contributed by atoms with E-state index in [0.29, 0.717) is 0 Å². The molecule has 3 heterocycles. The molecule has 1 saturated heterocycles. The van der Waals surface area contributed by atoms with Crippen molar-refractivity contribution in [2.24, 2.45) is 0 Å². The molecule has 0 spiro atoms. The Bertz CT molecular complexity index is 776. The highest BCUT2D eigenvalue weighted by Crippen LogP contribution is 2.40. The number of hydrogen-bond acceptors (Lipinski definition) is 3. The summed E-state index contributed by atoms with van der Waals surface area (Å²) in [6.07, 6.45) is 7.55. The van der Waals surface area contributed by atoms with Crippen molar-refractivity contribution in [3.05, 3.63) is 59.9 Å². The number of benzene rings is 1. The van der Waals surface area contributed by atoms with E-state index < -0.39 is 0 Å². The van der Waals surface area contributed by atoms with E-state index in [4.69, 9.17) is 0 Å². The Morgan fingerprint density at radius 2 is 1.92 bits per heavy atom. The summed E-state index contributed by atoms with van der Waals surface area (Å²) in [7, 11) is 2.14. The molecule has 122 valence electrons. The average Bonchev–Trinajstić information content (AvgIpc) is 2.89. The minimum Gasteiger partial charge on any atom is -0.306 e. The van der Waals surface area contributed by atoms with Crippen LogP contribution in [-0.2, 0) is 4.79 Å². The minimum atomic E-state index is 0.120. The van der Waals surface area contributed by atoms with Crippen LogP contribution < -0.4 is 4.90 Å². The summed E-state index contributed by atoms with van der Waals surface area (Å²) in [5.74, 6) is 0.120. The first-order chi connectivity index (χ1) is 11.7. The molecule has 0 radical (unpaired) electrons. The van der Waals surface area contributed by atoms with Gasteiger partial charge >= 0.3 is 0 Å². The Hall–Kier alpha value is -2.46. The van der Waals surface area contributed by atoms with Crippen molar-refractivity contribution < 1.29 is 4.79 Å². The monoisotopic (exact) mass is 319 g/mol. The number of carbonyl (C=O) groups is 1. The van der Waals surface area contributed by atoms with Crippen LogP contribution in [0.25, 0.3) is 11.6 Å². The maximum atomic E-state index is 13.2. The predicted octanol–water partition coefficient (Wildman–Crippen LogP) is 3.06. The summed E-state index contributed by atoms with van der Waals surface area (Å²) in [6.45, 7) is 2.08. The SMILES string of the molecule is CN1CCC(N2C(=O)/C(=C\c3cccnc3)c3ccccc32)CC1. The highest BCUT2D eigenvalue weighted by Gasteiger charge is 2.37. The van der Waals surface area contributed by atoms with Crippen LogP contribution in [0.5, 0.6) is 0 Å². The third kappa shape index (κ3) is 2.63. The zero-order valence-corrected chi connectivity index (χ0v) is 13.9. The third-order valence-corrected chi connectivity index (χ3v) is 4.95. The van der Waals surface area contributed by atoms with E-state index in [1.807, 2.05) is 41.3 Å². The topological polar surface area (TPSA) is 36.4 Å². The average molecular weight is 319 g/mol. The zero-order chi connectivity index (χ0) is 16.5. The third-order valence-electron chi connectivity index (χ3n) is 4.95. The molecule has 24 heavy (non-hydrogen) atoms. The molecular formula is C20H21N3O. The van der Waals surface area contributed by atoms with Crippen molar-refractivity contribution in [3.63, 3.8) is 0 Å². The van der Waals surface area contributed by atoms with Crippen LogP contribution in [0.3, 0.4) is 0 Å². The molecule has 0 saturated carbocycles. The first kappa shape index (κ1) is 15.1. The molecular weight excluding hydrogens is 298 g/mol. The molecule has 0 unspecified atom stereocenters. The van der Waals surface area contributed by atoms with Crippen LogP contribution in [0.1, 0.15) is 24.0 Å². The molecule has 0 atom stereocenters. The highest BCUT2D eigenvalue weighted by molar-refractivity contribution is 6.36. The largest absolute Gasteiger partial charge is 0.306 e. The summed E-state index contributed by atoms with van der Waals surface area (Å²) in [5, 5.41) is 0. The van der Waals surface area contributed by atoms with E-state index in [1.54, 1.807) is 12.4 Å². The lowest BCUT2D eigenvalue weighted by atomic mass is 10.0. The van der Waals surface area contributed by atoms with Crippen LogP contribution in [0.2, 0.25) is 0 Å². The number of hydrogen-bond donors (Lipinski definition) is 0. The Kier molecular flexibility index (Phi) is 3.90. The number of carbonyl (C=O) groups excluding carboxylic acids is 1. The lowest BCUT2D eigenvalue weighted by molar-refractivity contribution is -0.113. The summed E-state index contributed by atoms with van der Waals surface area (Å²) in [4.78, 5) is 21.7. The van der Waals surface area contributed by atoms with Gasteiger partial charge in [-0.15, -0.1) is 0 Å². The second-order valence-electron chi connectivity index (χ2n) is 6.57. The molecule has 1 aromatic carbocycles. The molecule has 0 bridgehead atoms. The Morgan fingerprint density at radius 1 is 1.12 bits per heavy atom. The van der Waals surface area contributed by atoms with Gasteiger partial charge in [0.15, 0.2) is 0 Å². The second-order valence-corrected chi connectivity index (χ2v) is 6.57. The fraction of sp³-hybridized carbons (Fsp3) is 0.300. The van der Waals surface area contributed by atoms with Gasteiger partial charge in [0, 0.05) is 29.6 Å². The molecule has 2 aliphatic heterocycles. The van der Waals surface area contributed by atoms with Crippen molar-refractivity contribution in [2.75, 3.05) is 25.0 Å². The van der Waals surface area contributed by atoms with Crippen molar-refractivity contribution >= 4 is 23.2 Å². The number of anilines is 1. The minimum absolute atomic E-state index is 0.120. The number of para-hydroxylation sites is 1. The summed E-state index contributed by atoms with van der Waals surface area (Å²) in [5.41, 5.74) is 3.82. The number of rotatable bonds is 2. The number of likely N-dealkylation sites (tertiary alicyclic amines) is 1. The number of piperidine rings is 1. The molecule has 4 rings (SSSR count). The fourth-order valence-corrected chi connectivity index (χ4v) is 3.65. The smallest absolute Gasteiger partial charge is 0.259 e. The molecule has 2 aliphatic rings. The van der Waals surface area contributed by atoms with E-state index in [9.17, 15) is 4.79 Å². The van der Waals surface area contributed by atoms with E-state index in [2.05, 4.69) is 23.0 Å². The van der Waals surface area contributed by atoms with Crippen LogP contribution in [-0.4, -0.2) is 42.0 Å². The van der Waals surface area contributed by atoms with Gasteiger partial charge in [0.25, 0.3) is 5.91 Å². The molecule has 4 nitrogen and oxygen atoms in total. The van der Waals surface area contributed by atoms with Crippen LogP contribution in [0.15, 0.2) is 48.8 Å². The van der Waals surface area contributed by atoms with Crippen molar-refractivity contribution in [1.82, 2.24) is 9.88 Å². The van der Waals surface area contributed by atoms with Gasteiger partial charge in [-0.1, -0.05) is 24.3 Å². The molecule has 1 aromatic heterocycles. The molecule has 1 amide bonds.